The summed E-state index contributed by atoms with van der Waals surface area (Å²) in [5.41, 5.74) is 1.57. The topological polar surface area (TPSA) is 66.5 Å². The highest BCUT2D eigenvalue weighted by Gasteiger charge is 2.18. The lowest BCUT2D eigenvalue weighted by Crippen LogP contribution is -2.28. The quantitative estimate of drug-likeness (QED) is 0.883. The minimum absolute atomic E-state index is 0.203. The van der Waals surface area contributed by atoms with Crippen LogP contribution in [0.2, 0.25) is 5.02 Å². The fraction of sp³-hybridized carbons (Fsp3) is 0.235. The summed E-state index contributed by atoms with van der Waals surface area (Å²) in [6, 6.07) is 13.9. The number of sulfonamides is 1. The van der Waals surface area contributed by atoms with Gasteiger partial charge in [0.2, 0.25) is 10.0 Å². The molecule has 0 bridgehead atoms. The minimum Gasteiger partial charge on any atom is -0.345 e. The number of amides is 1. The van der Waals surface area contributed by atoms with Gasteiger partial charge < -0.3 is 5.32 Å². The van der Waals surface area contributed by atoms with E-state index >= 15 is 0 Å². The Morgan fingerprint density at radius 3 is 2.38 bits per heavy atom. The van der Waals surface area contributed by atoms with Gasteiger partial charge in [-0.2, -0.15) is 0 Å². The van der Waals surface area contributed by atoms with Crippen LogP contribution in [0, 0.1) is 0 Å². The van der Waals surface area contributed by atoms with E-state index in [1.807, 2.05) is 37.3 Å². The van der Waals surface area contributed by atoms with Gasteiger partial charge in [-0.1, -0.05) is 41.9 Å². The maximum Gasteiger partial charge on any atom is 0.253 e. The van der Waals surface area contributed by atoms with Gasteiger partial charge in [0.05, 0.1) is 28.6 Å². The smallest absolute Gasteiger partial charge is 0.253 e. The Labute approximate surface area is 147 Å². The highest BCUT2D eigenvalue weighted by atomic mass is 35.5. The zero-order valence-electron chi connectivity index (χ0n) is 13.7. The summed E-state index contributed by atoms with van der Waals surface area (Å²) >= 11 is 6.11. The molecule has 0 spiro atoms. The van der Waals surface area contributed by atoms with E-state index in [0.717, 1.165) is 16.1 Å². The third kappa shape index (κ3) is 4.27. The van der Waals surface area contributed by atoms with E-state index in [4.69, 9.17) is 11.6 Å². The Morgan fingerprint density at radius 2 is 1.79 bits per heavy atom. The van der Waals surface area contributed by atoms with Gasteiger partial charge in [0.15, 0.2) is 0 Å². The molecule has 0 aliphatic rings. The molecule has 1 atom stereocenters. The van der Waals surface area contributed by atoms with Crippen molar-refractivity contribution < 1.29 is 13.2 Å². The lowest BCUT2D eigenvalue weighted by molar-refractivity contribution is 0.0940. The number of hydrogen-bond donors (Lipinski definition) is 1. The van der Waals surface area contributed by atoms with Crippen LogP contribution < -0.4 is 9.62 Å². The summed E-state index contributed by atoms with van der Waals surface area (Å²) in [5.74, 6) is -0.361. The fourth-order valence-electron chi connectivity index (χ4n) is 2.17. The summed E-state index contributed by atoms with van der Waals surface area (Å²) in [5, 5.41) is 3.13. The Hall–Kier alpha value is -2.05. The first-order chi connectivity index (χ1) is 11.2. The fourth-order valence-corrected chi connectivity index (χ4v) is 2.87. The first-order valence-corrected chi connectivity index (χ1v) is 9.52. The molecule has 7 heteroatoms. The first kappa shape index (κ1) is 18.3. The van der Waals surface area contributed by atoms with Crippen LogP contribution in [0.3, 0.4) is 0 Å². The molecule has 0 aromatic heterocycles. The molecule has 0 saturated carbocycles. The van der Waals surface area contributed by atoms with Crippen LogP contribution in [0.25, 0.3) is 0 Å². The van der Waals surface area contributed by atoms with Gasteiger partial charge in [0, 0.05) is 7.05 Å². The van der Waals surface area contributed by atoms with Crippen molar-refractivity contribution in [1.29, 1.82) is 0 Å². The van der Waals surface area contributed by atoms with Crippen LogP contribution in [0.1, 0.15) is 28.9 Å². The second-order valence-corrected chi connectivity index (χ2v) is 7.92. The lowest BCUT2D eigenvalue weighted by atomic mass is 10.1. The van der Waals surface area contributed by atoms with E-state index in [9.17, 15) is 13.2 Å². The van der Waals surface area contributed by atoms with E-state index in [1.54, 1.807) is 6.07 Å². The molecule has 128 valence electrons. The molecule has 0 aliphatic heterocycles. The molecule has 2 aromatic rings. The minimum atomic E-state index is -3.42. The second kappa shape index (κ2) is 7.23. The average Bonchev–Trinajstić information content (AvgIpc) is 2.54. The van der Waals surface area contributed by atoms with Crippen molar-refractivity contribution in [3.8, 4) is 0 Å². The molecule has 0 fully saturated rings. The molecule has 0 aliphatic carbocycles. The van der Waals surface area contributed by atoms with Crippen LogP contribution in [0.15, 0.2) is 48.5 Å². The summed E-state index contributed by atoms with van der Waals surface area (Å²) in [6.45, 7) is 1.87. The van der Waals surface area contributed by atoms with Crippen LogP contribution in [0.5, 0.6) is 0 Å². The van der Waals surface area contributed by atoms with Crippen molar-refractivity contribution in [2.75, 3.05) is 17.6 Å². The Morgan fingerprint density at radius 1 is 1.17 bits per heavy atom. The first-order valence-electron chi connectivity index (χ1n) is 7.29. The molecule has 24 heavy (non-hydrogen) atoms. The molecule has 2 aromatic carbocycles. The predicted molar refractivity (Wildman–Crippen MR) is 97.0 cm³/mol. The zero-order chi connectivity index (χ0) is 17.9. The van der Waals surface area contributed by atoms with Gasteiger partial charge in [0.25, 0.3) is 5.91 Å². The molecule has 2 rings (SSSR count). The molecule has 0 unspecified atom stereocenters. The lowest BCUT2D eigenvalue weighted by Gasteiger charge is -2.19. The third-order valence-corrected chi connectivity index (χ3v) is 5.24. The Kier molecular flexibility index (Phi) is 5.51. The van der Waals surface area contributed by atoms with Crippen molar-refractivity contribution in [1.82, 2.24) is 5.32 Å². The largest absolute Gasteiger partial charge is 0.345 e. The summed E-state index contributed by atoms with van der Waals surface area (Å²) in [7, 11) is -2.00. The van der Waals surface area contributed by atoms with Crippen molar-refractivity contribution in [3.63, 3.8) is 0 Å². The van der Waals surface area contributed by atoms with Crippen molar-refractivity contribution in [2.24, 2.45) is 0 Å². The second-order valence-electron chi connectivity index (χ2n) is 5.50. The van der Waals surface area contributed by atoms with Crippen LogP contribution in [-0.2, 0) is 10.0 Å². The molecule has 0 heterocycles. The SMILES string of the molecule is C[C@@H](NC(=O)c1cc(N(C)S(C)(=O)=O)ccc1Cl)c1ccccc1. The summed E-state index contributed by atoms with van der Waals surface area (Å²) in [4.78, 5) is 12.5. The molecule has 5 nitrogen and oxygen atoms in total. The Bertz CT molecular complexity index is 838. The number of halogens is 1. The van der Waals surface area contributed by atoms with Gasteiger partial charge in [-0.05, 0) is 30.7 Å². The number of benzene rings is 2. The monoisotopic (exact) mass is 366 g/mol. The number of carbonyl (C=O) groups is 1. The van der Waals surface area contributed by atoms with Crippen LogP contribution in [-0.4, -0.2) is 27.6 Å². The molecule has 0 saturated heterocycles. The Balaban J connectivity index is 2.26. The highest BCUT2D eigenvalue weighted by Crippen LogP contribution is 2.24. The van der Waals surface area contributed by atoms with Crippen LogP contribution >= 0.6 is 11.6 Å². The van der Waals surface area contributed by atoms with E-state index < -0.39 is 10.0 Å². The average molecular weight is 367 g/mol. The number of hydrogen-bond acceptors (Lipinski definition) is 3. The van der Waals surface area contributed by atoms with Gasteiger partial charge in [-0.25, -0.2) is 8.42 Å². The molecular weight excluding hydrogens is 348 g/mol. The van der Waals surface area contributed by atoms with E-state index in [2.05, 4.69) is 5.32 Å². The number of nitrogens with one attached hydrogen (secondary N) is 1. The highest BCUT2D eigenvalue weighted by molar-refractivity contribution is 7.92. The molecular formula is C17H19ClN2O3S. The van der Waals surface area contributed by atoms with Crippen LogP contribution in [0.4, 0.5) is 5.69 Å². The van der Waals surface area contributed by atoms with E-state index in [0.29, 0.717) is 5.69 Å². The van der Waals surface area contributed by atoms with Crippen molar-refractivity contribution >= 4 is 33.2 Å². The summed E-state index contributed by atoms with van der Waals surface area (Å²) in [6.07, 6.45) is 1.10. The molecule has 1 N–H and O–H groups in total. The zero-order valence-corrected chi connectivity index (χ0v) is 15.2. The maximum absolute atomic E-state index is 12.5. The predicted octanol–water partition coefficient (Wildman–Crippen LogP) is 3.23. The van der Waals surface area contributed by atoms with Gasteiger partial charge >= 0.3 is 0 Å². The standard InChI is InChI=1S/C17H19ClN2O3S/c1-12(13-7-5-4-6-8-13)19-17(21)15-11-14(9-10-16(15)18)20(2)24(3,22)23/h4-12H,1-3H3,(H,19,21)/t12-/m1/s1. The molecule has 1 amide bonds. The van der Waals surface area contributed by atoms with E-state index in [1.165, 1.54) is 19.2 Å². The van der Waals surface area contributed by atoms with Gasteiger partial charge in [-0.15, -0.1) is 0 Å². The number of anilines is 1. The maximum atomic E-state index is 12.5. The number of carbonyl (C=O) groups excluding carboxylic acids is 1. The number of nitrogens with zero attached hydrogens (tertiary/aromatic N) is 1. The van der Waals surface area contributed by atoms with Crippen molar-refractivity contribution in [2.45, 2.75) is 13.0 Å². The normalized spacial score (nSPS) is 12.5. The number of rotatable bonds is 5. The van der Waals surface area contributed by atoms with Crippen molar-refractivity contribution in [3.05, 3.63) is 64.7 Å². The summed E-state index contributed by atoms with van der Waals surface area (Å²) < 4.78 is 24.4. The molecule has 0 radical (unpaired) electrons. The third-order valence-electron chi connectivity index (χ3n) is 3.70. The van der Waals surface area contributed by atoms with E-state index in [-0.39, 0.29) is 22.5 Å². The van der Waals surface area contributed by atoms with Gasteiger partial charge in [-0.3, -0.25) is 9.10 Å². The van der Waals surface area contributed by atoms with Gasteiger partial charge in [0.1, 0.15) is 0 Å².